The Kier molecular flexibility index (Phi) is 7.52. The third-order valence-electron chi connectivity index (χ3n) is 5.46. The molecule has 3 heterocycles. The Bertz CT molecular complexity index is 1100. The average Bonchev–Trinajstić information content (AvgIpc) is 3.29. The first-order valence-corrected chi connectivity index (χ1v) is 11.9. The summed E-state index contributed by atoms with van der Waals surface area (Å²) < 4.78 is 10.8. The Morgan fingerprint density at radius 1 is 1.15 bits per heavy atom. The van der Waals surface area contributed by atoms with Gasteiger partial charge in [0.1, 0.15) is 17.2 Å². The number of aromatic nitrogens is 3. The number of fused-ring (bicyclic) bond motifs is 1. The first kappa shape index (κ1) is 23.8. The number of aromatic amines is 1. The van der Waals surface area contributed by atoms with Crippen LogP contribution in [-0.2, 0) is 9.47 Å². The second-order valence-electron chi connectivity index (χ2n) is 9.34. The van der Waals surface area contributed by atoms with E-state index in [2.05, 4.69) is 38.7 Å². The Morgan fingerprint density at radius 2 is 1.94 bits per heavy atom. The summed E-state index contributed by atoms with van der Waals surface area (Å²) in [4.78, 5) is 27.0. The van der Waals surface area contributed by atoms with Crippen molar-refractivity contribution in [1.29, 1.82) is 0 Å². The number of nitrogens with one attached hydrogen (secondary N) is 3. The van der Waals surface area contributed by atoms with Gasteiger partial charge in [-0.3, -0.25) is 0 Å². The minimum atomic E-state index is -0.487. The van der Waals surface area contributed by atoms with Crippen LogP contribution in [0.25, 0.3) is 22.3 Å². The van der Waals surface area contributed by atoms with Crippen molar-refractivity contribution in [2.45, 2.75) is 39.2 Å². The molecule has 0 aliphatic carbocycles. The van der Waals surface area contributed by atoms with Gasteiger partial charge in [-0.05, 0) is 45.7 Å². The summed E-state index contributed by atoms with van der Waals surface area (Å²) in [6, 6.07) is 10.2. The molecule has 1 aliphatic heterocycles. The molecule has 182 valence electrons. The number of hydrogen-bond acceptors (Lipinski definition) is 7. The number of morpholine rings is 1. The number of carbonyl (C=O) groups excluding carboxylic acids is 1. The summed E-state index contributed by atoms with van der Waals surface area (Å²) in [5.74, 6) is 2.39. The summed E-state index contributed by atoms with van der Waals surface area (Å²) in [7, 11) is 0. The van der Waals surface area contributed by atoms with Gasteiger partial charge in [0.25, 0.3) is 0 Å². The topological polar surface area (TPSA) is 104 Å². The quantitative estimate of drug-likeness (QED) is 0.428. The van der Waals surface area contributed by atoms with Crippen molar-refractivity contribution >= 4 is 28.6 Å². The average molecular weight is 467 g/mol. The third kappa shape index (κ3) is 6.38. The maximum Gasteiger partial charge on any atom is 0.407 e. The molecule has 0 spiro atoms. The van der Waals surface area contributed by atoms with Crippen LogP contribution in [-0.4, -0.2) is 66.0 Å². The Balaban J connectivity index is 1.42. The van der Waals surface area contributed by atoms with Gasteiger partial charge in [-0.1, -0.05) is 12.1 Å². The van der Waals surface area contributed by atoms with E-state index in [1.807, 2.05) is 39.1 Å². The van der Waals surface area contributed by atoms with E-state index >= 15 is 0 Å². The van der Waals surface area contributed by atoms with Gasteiger partial charge in [0.2, 0.25) is 0 Å². The van der Waals surface area contributed by atoms with Crippen molar-refractivity contribution < 1.29 is 14.3 Å². The predicted molar refractivity (Wildman–Crippen MR) is 134 cm³/mol. The molecular formula is C25H34N6O3. The van der Waals surface area contributed by atoms with Gasteiger partial charge >= 0.3 is 6.09 Å². The van der Waals surface area contributed by atoms with Crippen LogP contribution in [0.5, 0.6) is 0 Å². The van der Waals surface area contributed by atoms with E-state index in [9.17, 15) is 4.79 Å². The number of carbonyl (C=O) groups is 1. The smallest absolute Gasteiger partial charge is 0.407 e. The highest BCUT2D eigenvalue weighted by Gasteiger charge is 2.17. The zero-order valence-corrected chi connectivity index (χ0v) is 20.2. The molecule has 3 aromatic rings. The lowest BCUT2D eigenvalue weighted by Crippen LogP contribution is -2.36. The van der Waals surface area contributed by atoms with Gasteiger partial charge in [-0.15, -0.1) is 0 Å². The van der Waals surface area contributed by atoms with Crippen molar-refractivity contribution in [2.24, 2.45) is 0 Å². The highest BCUT2D eigenvalue weighted by molar-refractivity contribution is 5.93. The molecule has 1 aromatic carbocycles. The third-order valence-corrected chi connectivity index (χ3v) is 5.46. The number of ether oxygens (including phenoxy) is 2. The SMILES string of the molecule is CC(C)(C)OC(=O)NCCCCNc1cc(N2CCOCC2)nc(-c2cccc3[nH]ccc23)n1. The summed E-state index contributed by atoms with van der Waals surface area (Å²) in [6.45, 7) is 9.88. The van der Waals surface area contributed by atoms with Crippen LogP contribution in [0.4, 0.5) is 16.4 Å². The number of anilines is 2. The van der Waals surface area contributed by atoms with Crippen molar-refractivity contribution in [1.82, 2.24) is 20.3 Å². The number of hydrogen-bond donors (Lipinski definition) is 3. The zero-order chi connectivity index (χ0) is 24.0. The Labute approximate surface area is 200 Å². The van der Waals surface area contributed by atoms with Crippen molar-refractivity contribution in [3.8, 4) is 11.4 Å². The largest absolute Gasteiger partial charge is 0.444 e. The molecule has 9 nitrogen and oxygen atoms in total. The van der Waals surface area contributed by atoms with Gasteiger partial charge in [-0.2, -0.15) is 0 Å². The number of amides is 1. The lowest BCUT2D eigenvalue weighted by atomic mass is 10.1. The molecule has 1 fully saturated rings. The fourth-order valence-corrected chi connectivity index (χ4v) is 3.85. The number of rotatable bonds is 8. The summed E-state index contributed by atoms with van der Waals surface area (Å²) in [6.07, 6.45) is 3.28. The molecular weight excluding hydrogens is 432 g/mol. The maximum atomic E-state index is 11.8. The standard InChI is InChI=1S/C25H34N6O3/c1-25(2,3)34-24(32)28-11-5-4-10-27-21-17-22(31-13-15-33-16-14-31)30-23(29-21)19-7-6-8-20-18(19)9-12-26-20/h6-9,12,17,26H,4-5,10-11,13-16H2,1-3H3,(H,28,32)(H,27,29,30). The van der Waals surface area contributed by atoms with Crippen LogP contribution in [0.1, 0.15) is 33.6 Å². The molecule has 34 heavy (non-hydrogen) atoms. The van der Waals surface area contributed by atoms with E-state index < -0.39 is 5.60 Å². The Morgan fingerprint density at radius 3 is 2.74 bits per heavy atom. The number of benzene rings is 1. The number of alkyl carbamates (subject to hydrolysis) is 1. The molecule has 0 bridgehead atoms. The van der Waals surface area contributed by atoms with E-state index in [0.29, 0.717) is 25.6 Å². The summed E-state index contributed by atoms with van der Waals surface area (Å²) >= 11 is 0. The van der Waals surface area contributed by atoms with Crippen LogP contribution in [0.15, 0.2) is 36.5 Å². The molecule has 0 saturated carbocycles. The van der Waals surface area contributed by atoms with E-state index in [1.165, 1.54) is 0 Å². The minimum Gasteiger partial charge on any atom is -0.444 e. The van der Waals surface area contributed by atoms with Crippen LogP contribution >= 0.6 is 0 Å². The van der Waals surface area contributed by atoms with E-state index in [1.54, 1.807) is 0 Å². The zero-order valence-electron chi connectivity index (χ0n) is 20.2. The molecule has 1 saturated heterocycles. The minimum absolute atomic E-state index is 0.380. The normalized spacial score (nSPS) is 14.3. The van der Waals surface area contributed by atoms with Crippen LogP contribution in [0.3, 0.4) is 0 Å². The molecule has 3 N–H and O–H groups in total. The molecule has 4 rings (SSSR count). The van der Waals surface area contributed by atoms with Gasteiger partial charge in [0, 0.05) is 54.9 Å². The highest BCUT2D eigenvalue weighted by Crippen LogP contribution is 2.29. The van der Waals surface area contributed by atoms with E-state index in [-0.39, 0.29) is 6.09 Å². The number of unbranched alkanes of at least 4 members (excludes halogenated alkanes) is 1. The highest BCUT2D eigenvalue weighted by atomic mass is 16.6. The van der Waals surface area contributed by atoms with Crippen molar-refractivity contribution in [3.05, 3.63) is 36.5 Å². The van der Waals surface area contributed by atoms with E-state index in [0.717, 1.165) is 60.6 Å². The maximum absolute atomic E-state index is 11.8. The summed E-state index contributed by atoms with van der Waals surface area (Å²) in [5.41, 5.74) is 1.57. The van der Waals surface area contributed by atoms with Gasteiger partial charge in [-0.25, -0.2) is 14.8 Å². The fourth-order valence-electron chi connectivity index (χ4n) is 3.85. The second kappa shape index (κ2) is 10.7. The number of H-pyrrole nitrogens is 1. The first-order chi connectivity index (χ1) is 16.4. The summed E-state index contributed by atoms with van der Waals surface area (Å²) in [5, 5.41) is 7.34. The molecule has 0 radical (unpaired) electrons. The molecule has 1 amide bonds. The first-order valence-electron chi connectivity index (χ1n) is 11.9. The molecule has 2 aromatic heterocycles. The fraction of sp³-hybridized carbons (Fsp3) is 0.480. The lowest BCUT2D eigenvalue weighted by molar-refractivity contribution is 0.0527. The number of nitrogens with zero attached hydrogens (tertiary/aromatic N) is 3. The molecule has 0 unspecified atom stereocenters. The van der Waals surface area contributed by atoms with Crippen molar-refractivity contribution in [2.75, 3.05) is 49.6 Å². The predicted octanol–water partition coefficient (Wildman–Crippen LogP) is 4.18. The van der Waals surface area contributed by atoms with Crippen molar-refractivity contribution in [3.63, 3.8) is 0 Å². The van der Waals surface area contributed by atoms with E-state index in [4.69, 9.17) is 19.4 Å². The van der Waals surface area contributed by atoms with Crippen LogP contribution in [0.2, 0.25) is 0 Å². The molecule has 9 heteroatoms. The van der Waals surface area contributed by atoms with Gasteiger partial charge in [0.15, 0.2) is 5.82 Å². The molecule has 1 aliphatic rings. The molecule has 0 atom stereocenters. The Hall–Kier alpha value is -3.33. The monoisotopic (exact) mass is 466 g/mol. The lowest BCUT2D eigenvalue weighted by Gasteiger charge is -2.28. The second-order valence-corrected chi connectivity index (χ2v) is 9.34. The van der Waals surface area contributed by atoms with Crippen LogP contribution < -0.4 is 15.5 Å². The van der Waals surface area contributed by atoms with Gasteiger partial charge in [0.05, 0.1) is 13.2 Å². The van der Waals surface area contributed by atoms with Crippen LogP contribution in [0, 0.1) is 0 Å². The van der Waals surface area contributed by atoms with Gasteiger partial charge < -0.3 is 30.0 Å².